The number of benzene rings is 2. The molecule has 22 heavy (non-hydrogen) atoms. The molecule has 0 amide bonds. The maximum absolute atomic E-state index is 5.93. The molecule has 0 spiro atoms. The Labute approximate surface area is 133 Å². The number of ether oxygens (including phenoxy) is 1. The first-order valence-electron chi connectivity index (χ1n) is 6.76. The molecule has 110 valence electrons. The number of nitrogens with zero attached hydrogens (tertiary/aromatic N) is 2. The second-order valence-electron chi connectivity index (χ2n) is 4.77. The normalized spacial score (nSPS) is 10.5. The van der Waals surface area contributed by atoms with E-state index in [1.807, 2.05) is 42.5 Å². The third kappa shape index (κ3) is 3.02. The molecule has 2 N–H and O–H groups in total. The molecule has 5 heteroatoms. The van der Waals surface area contributed by atoms with Crippen LogP contribution in [0.3, 0.4) is 0 Å². The third-order valence-electron chi connectivity index (χ3n) is 3.15. The van der Waals surface area contributed by atoms with Crippen molar-refractivity contribution in [2.45, 2.75) is 6.92 Å². The fraction of sp³-hybridized carbons (Fsp3) is 0.0588. The molecule has 0 radical (unpaired) electrons. The van der Waals surface area contributed by atoms with Gasteiger partial charge in [0.05, 0.1) is 0 Å². The van der Waals surface area contributed by atoms with Crippen LogP contribution in [0, 0.1) is 6.92 Å². The number of hydrogen-bond acceptors (Lipinski definition) is 4. The highest BCUT2D eigenvalue weighted by Crippen LogP contribution is 2.31. The molecule has 0 saturated heterocycles. The van der Waals surface area contributed by atoms with Crippen molar-refractivity contribution < 1.29 is 4.74 Å². The predicted octanol–water partition coefficient (Wildman–Crippen LogP) is 4.48. The average Bonchev–Trinajstić information content (AvgIpc) is 2.54. The van der Waals surface area contributed by atoms with Crippen LogP contribution in [0.1, 0.15) is 5.82 Å². The van der Waals surface area contributed by atoms with E-state index < -0.39 is 0 Å². The molecule has 0 bridgehead atoms. The van der Waals surface area contributed by atoms with Crippen molar-refractivity contribution in [3.63, 3.8) is 0 Å². The van der Waals surface area contributed by atoms with Crippen LogP contribution in [0.25, 0.3) is 11.1 Å². The van der Waals surface area contributed by atoms with Crippen LogP contribution in [0.15, 0.2) is 54.6 Å². The Bertz CT molecular complexity index is 789. The van der Waals surface area contributed by atoms with Gasteiger partial charge in [0.2, 0.25) is 5.88 Å². The van der Waals surface area contributed by atoms with Crippen molar-refractivity contribution in [3.8, 4) is 22.8 Å². The summed E-state index contributed by atoms with van der Waals surface area (Å²) in [5.74, 6) is 1.42. The molecule has 0 atom stereocenters. The standard InChI is InChI=1S/C17H14ClN3O/c1-11-20-16(18)15(19)17(21-11)22-14-9-7-13(8-10-14)12-5-3-2-4-6-12/h2-10H,19H2,1H3. The maximum Gasteiger partial charge on any atom is 0.247 e. The quantitative estimate of drug-likeness (QED) is 0.724. The minimum absolute atomic E-state index is 0.198. The molecule has 1 heterocycles. The monoisotopic (exact) mass is 311 g/mol. The summed E-state index contributed by atoms with van der Waals surface area (Å²) in [6.45, 7) is 1.73. The largest absolute Gasteiger partial charge is 0.437 e. The van der Waals surface area contributed by atoms with Crippen molar-refractivity contribution in [2.24, 2.45) is 0 Å². The molecule has 3 rings (SSSR count). The summed E-state index contributed by atoms with van der Waals surface area (Å²) in [7, 11) is 0. The van der Waals surface area contributed by atoms with Gasteiger partial charge < -0.3 is 10.5 Å². The van der Waals surface area contributed by atoms with Gasteiger partial charge in [-0.15, -0.1) is 0 Å². The van der Waals surface area contributed by atoms with E-state index in [9.17, 15) is 0 Å². The van der Waals surface area contributed by atoms with Crippen LogP contribution in [0.2, 0.25) is 5.15 Å². The first-order valence-corrected chi connectivity index (χ1v) is 7.14. The Morgan fingerprint density at radius 1 is 0.909 bits per heavy atom. The lowest BCUT2D eigenvalue weighted by atomic mass is 10.1. The molecule has 1 aromatic heterocycles. The van der Waals surface area contributed by atoms with Gasteiger partial charge in [0, 0.05) is 0 Å². The second kappa shape index (κ2) is 6.03. The van der Waals surface area contributed by atoms with Crippen LogP contribution in [0.5, 0.6) is 11.6 Å². The van der Waals surface area contributed by atoms with Crippen LogP contribution in [-0.4, -0.2) is 9.97 Å². The van der Waals surface area contributed by atoms with E-state index in [4.69, 9.17) is 22.1 Å². The molecule has 4 nitrogen and oxygen atoms in total. The molecule has 0 aliphatic rings. The summed E-state index contributed by atoms with van der Waals surface area (Å²) in [6, 6.07) is 17.8. The summed E-state index contributed by atoms with van der Waals surface area (Å²) in [5.41, 5.74) is 8.33. The number of aryl methyl sites for hydroxylation is 1. The van der Waals surface area contributed by atoms with Gasteiger partial charge in [-0.3, -0.25) is 0 Å². The topological polar surface area (TPSA) is 61.0 Å². The highest BCUT2D eigenvalue weighted by atomic mass is 35.5. The smallest absolute Gasteiger partial charge is 0.247 e. The van der Waals surface area contributed by atoms with E-state index in [0.29, 0.717) is 11.6 Å². The van der Waals surface area contributed by atoms with Gasteiger partial charge in [-0.2, -0.15) is 4.98 Å². The molecule has 0 fully saturated rings. The number of anilines is 1. The summed E-state index contributed by atoms with van der Waals surface area (Å²) < 4.78 is 5.70. The average molecular weight is 312 g/mol. The number of nitrogens with two attached hydrogens (primary N) is 1. The summed E-state index contributed by atoms with van der Waals surface area (Å²) in [6.07, 6.45) is 0. The lowest BCUT2D eigenvalue weighted by molar-refractivity contribution is 0.462. The molecule has 0 aliphatic carbocycles. The maximum atomic E-state index is 5.93. The Balaban J connectivity index is 1.86. The van der Waals surface area contributed by atoms with Crippen molar-refractivity contribution in [2.75, 3.05) is 5.73 Å². The Kier molecular flexibility index (Phi) is 3.94. The summed E-state index contributed by atoms with van der Waals surface area (Å²) in [5, 5.41) is 0.198. The molecule has 2 aromatic carbocycles. The van der Waals surface area contributed by atoms with Crippen molar-refractivity contribution in [3.05, 3.63) is 65.6 Å². The molecule has 0 unspecified atom stereocenters. The number of rotatable bonds is 3. The summed E-state index contributed by atoms with van der Waals surface area (Å²) >= 11 is 5.93. The van der Waals surface area contributed by atoms with Gasteiger partial charge in [-0.25, -0.2) is 4.98 Å². The van der Waals surface area contributed by atoms with Crippen molar-refractivity contribution in [1.29, 1.82) is 0 Å². The Hall–Kier alpha value is -2.59. The van der Waals surface area contributed by atoms with Gasteiger partial charge in [-0.05, 0) is 30.2 Å². The van der Waals surface area contributed by atoms with Crippen LogP contribution in [0.4, 0.5) is 5.69 Å². The fourth-order valence-electron chi connectivity index (χ4n) is 2.06. The predicted molar refractivity (Wildman–Crippen MR) is 88.1 cm³/mol. The van der Waals surface area contributed by atoms with Gasteiger partial charge in [-0.1, -0.05) is 54.1 Å². The Morgan fingerprint density at radius 3 is 2.23 bits per heavy atom. The lowest BCUT2D eigenvalue weighted by Gasteiger charge is -2.09. The lowest BCUT2D eigenvalue weighted by Crippen LogP contribution is -2.00. The number of aromatic nitrogens is 2. The zero-order chi connectivity index (χ0) is 15.5. The van der Waals surface area contributed by atoms with Gasteiger partial charge in [0.1, 0.15) is 17.3 Å². The second-order valence-corrected chi connectivity index (χ2v) is 5.13. The zero-order valence-electron chi connectivity index (χ0n) is 12.0. The highest BCUT2D eigenvalue weighted by Gasteiger charge is 2.10. The van der Waals surface area contributed by atoms with Crippen LogP contribution < -0.4 is 10.5 Å². The van der Waals surface area contributed by atoms with E-state index in [1.54, 1.807) is 6.92 Å². The SMILES string of the molecule is Cc1nc(Cl)c(N)c(Oc2ccc(-c3ccccc3)cc2)n1. The van der Waals surface area contributed by atoms with E-state index >= 15 is 0 Å². The van der Waals surface area contributed by atoms with Gasteiger partial charge in [0.15, 0.2) is 5.15 Å². The van der Waals surface area contributed by atoms with Gasteiger partial charge in [0.25, 0.3) is 0 Å². The van der Waals surface area contributed by atoms with Crippen molar-refractivity contribution >= 4 is 17.3 Å². The molecular weight excluding hydrogens is 298 g/mol. The molecular formula is C17H14ClN3O. The van der Waals surface area contributed by atoms with Crippen LogP contribution in [-0.2, 0) is 0 Å². The zero-order valence-corrected chi connectivity index (χ0v) is 12.7. The minimum Gasteiger partial charge on any atom is -0.437 e. The fourth-order valence-corrected chi connectivity index (χ4v) is 2.26. The summed E-state index contributed by atoms with van der Waals surface area (Å²) in [4.78, 5) is 8.15. The minimum atomic E-state index is 0.198. The molecule has 0 aliphatic heterocycles. The van der Waals surface area contributed by atoms with Gasteiger partial charge >= 0.3 is 0 Å². The van der Waals surface area contributed by atoms with E-state index in [-0.39, 0.29) is 16.7 Å². The van der Waals surface area contributed by atoms with Crippen LogP contribution >= 0.6 is 11.6 Å². The van der Waals surface area contributed by atoms with E-state index in [1.165, 1.54) is 0 Å². The Morgan fingerprint density at radius 2 is 1.55 bits per heavy atom. The van der Waals surface area contributed by atoms with E-state index in [2.05, 4.69) is 22.1 Å². The number of halogens is 1. The van der Waals surface area contributed by atoms with Crippen molar-refractivity contribution in [1.82, 2.24) is 9.97 Å². The molecule has 3 aromatic rings. The molecule has 0 saturated carbocycles. The third-order valence-corrected chi connectivity index (χ3v) is 3.44. The highest BCUT2D eigenvalue weighted by molar-refractivity contribution is 6.32. The number of nitrogen functional groups attached to an aromatic ring is 1. The first-order chi connectivity index (χ1) is 10.6. The number of hydrogen-bond donors (Lipinski definition) is 1. The first kappa shape index (κ1) is 14.4. The van der Waals surface area contributed by atoms with E-state index in [0.717, 1.165) is 11.1 Å².